The molecule has 1 fully saturated rings. The molecule has 1 aliphatic carbocycles. The summed E-state index contributed by atoms with van der Waals surface area (Å²) in [6.45, 7) is 5.41. The Bertz CT molecular complexity index is 302. The van der Waals surface area contributed by atoms with Gasteiger partial charge >= 0.3 is 0 Å². The Labute approximate surface area is 92.1 Å². The lowest BCUT2D eigenvalue weighted by Gasteiger charge is -2.14. The molecular weight excluding hydrogens is 214 g/mol. The molecule has 0 unspecified atom stereocenters. The second-order valence-corrected chi connectivity index (χ2v) is 6.70. The van der Waals surface area contributed by atoms with Crippen LogP contribution in [0.5, 0.6) is 0 Å². The van der Waals surface area contributed by atoms with Gasteiger partial charge in [-0.05, 0) is 19.3 Å². The molecule has 2 N–H and O–H groups in total. The van der Waals surface area contributed by atoms with Crippen LogP contribution in [0.1, 0.15) is 20.3 Å². The van der Waals surface area contributed by atoms with E-state index in [1.54, 1.807) is 6.92 Å². The van der Waals surface area contributed by atoms with Crippen LogP contribution in [-0.2, 0) is 14.6 Å². The number of nitrogens with two attached hydrogens (primary N) is 1. The highest BCUT2D eigenvalue weighted by Gasteiger charge is 2.54. The van der Waals surface area contributed by atoms with Gasteiger partial charge in [-0.15, -0.1) is 0 Å². The largest absolute Gasteiger partial charge is 0.381 e. The van der Waals surface area contributed by atoms with E-state index in [1.165, 1.54) is 0 Å². The van der Waals surface area contributed by atoms with E-state index in [-0.39, 0.29) is 22.8 Å². The van der Waals surface area contributed by atoms with Gasteiger partial charge in [-0.2, -0.15) is 0 Å². The van der Waals surface area contributed by atoms with Crippen LogP contribution in [0.3, 0.4) is 0 Å². The summed E-state index contributed by atoms with van der Waals surface area (Å²) in [5.41, 5.74) is 5.63. The molecule has 0 spiro atoms. The van der Waals surface area contributed by atoms with Crippen molar-refractivity contribution in [3.63, 3.8) is 0 Å². The normalized spacial score (nSPS) is 30.5. The third-order valence-corrected chi connectivity index (χ3v) is 5.04. The lowest BCUT2D eigenvalue weighted by Crippen LogP contribution is -2.26. The van der Waals surface area contributed by atoms with E-state index in [0.29, 0.717) is 19.8 Å². The smallest absolute Gasteiger partial charge is 0.150 e. The first-order valence-electron chi connectivity index (χ1n) is 5.48. The number of hydrogen-bond acceptors (Lipinski definition) is 4. The van der Waals surface area contributed by atoms with Crippen LogP contribution in [0.4, 0.5) is 0 Å². The quantitative estimate of drug-likeness (QED) is 0.694. The molecule has 1 aliphatic rings. The zero-order chi connectivity index (χ0) is 11.5. The number of ether oxygens (including phenoxy) is 1. The van der Waals surface area contributed by atoms with Crippen molar-refractivity contribution in [1.29, 1.82) is 0 Å². The van der Waals surface area contributed by atoms with Crippen molar-refractivity contribution >= 4 is 9.84 Å². The molecule has 0 heterocycles. The molecule has 4 nitrogen and oxygen atoms in total. The first-order valence-corrected chi connectivity index (χ1v) is 7.30. The van der Waals surface area contributed by atoms with Gasteiger partial charge in [0.05, 0.1) is 12.4 Å². The van der Waals surface area contributed by atoms with E-state index in [2.05, 4.69) is 0 Å². The van der Waals surface area contributed by atoms with Gasteiger partial charge in [-0.3, -0.25) is 0 Å². The average Bonchev–Trinajstić information content (AvgIpc) is 2.88. The maximum Gasteiger partial charge on any atom is 0.150 e. The molecular formula is C10H21NO3S. The minimum Gasteiger partial charge on any atom is -0.381 e. The Balaban J connectivity index is 2.48. The SMILES string of the molecule is CCOC[C@]1(CN)C[C@@H]1CS(=O)(=O)CC. The molecule has 0 radical (unpaired) electrons. The van der Waals surface area contributed by atoms with Gasteiger partial charge in [0, 0.05) is 24.3 Å². The summed E-state index contributed by atoms with van der Waals surface area (Å²) in [4.78, 5) is 0. The van der Waals surface area contributed by atoms with Crippen molar-refractivity contribution in [1.82, 2.24) is 0 Å². The summed E-state index contributed by atoms with van der Waals surface area (Å²) < 4.78 is 28.2. The minimum absolute atomic E-state index is 0.0573. The lowest BCUT2D eigenvalue weighted by atomic mass is 10.1. The molecule has 1 saturated carbocycles. The zero-order valence-electron chi connectivity index (χ0n) is 9.53. The van der Waals surface area contributed by atoms with Gasteiger partial charge in [0.1, 0.15) is 9.84 Å². The molecule has 0 aromatic rings. The molecule has 1 rings (SSSR count). The predicted molar refractivity (Wildman–Crippen MR) is 60.4 cm³/mol. The first kappa shape index (κ1) is 12.9. The highest BCUT2D eigenvalue weighted by atomic mass is 32.2. The fourth-order valence-electron chi connectivity index (χ4n) is 1.88. The molecule has 0 aromatic carbocycles. The van der Waals surface area contributed by atoms with Crippen LogP contribution in [0.15, 0.2) is 0 Å². The van der Waals surface area contributed by atoms with Crippen molar-refractivity contribution in [2.24, 2.45) is 17.1 Å². The first-order chi connectivity index (χ1) is 6.99. The van der Waals surface area contributed by atoms with Crippen LogP contribution in [0.2, 0.25) is 0 Å². The van der Waals surface area contributed by atoms with Crippen LogP contribution >= 0.6 is 0 Å². The predicted octanol–water partition coefficient (Wildman–Crippen LogP) is 0.423. The van der Waals surface area contributed by atoms with E-state index in [1.807, 2.05) is 6.92 Å². The van der Waals surface area contributed by atoms with Crippen molar-refractivity contribution in [3.8, 4) is 0 Å². The lowest BCUT2D eigenvalue weighted by molar-refractivity contribution is 0.0982. The molecule has 90 valence electrons. The van der Waals surface area contributed by atoms with E-state index in [9.17, 15) is 8.42 Å². The van der Waals surface area contributed by atoms with Gasteiger partial charge in [-0.1, -0.05) is 6.92 Å². The Kier molecular flexibility index (Phi) is 4.14. The van der Waals surface area contributed by atoms with Crippen LogP contribution < -0.4 is 5.73 Å². The minimum atomic E-state index is -2.87. The Morgan fingerprint density at radius 3 is 2.60 bits per heavy atom. The molecule has 0 aliphatic heterocycles. The maximum atomic E-state index is 11.4. The molecule has 0 saturated heterocycles. The summed E-state index contributed by atoms with van der Waals surface area (Å²) in [6, 6.07) is 0. The molecule has 0 aromatic heterocycles. The van der Waals surface area contributed by atoms with E-state index >= 15 is 0 Å². The fourth-order valence-corrected chi connectivity index (χ4v) is 3.20. The second-order valence-electron chi connectivity index (χ2n) is 4.30. The number of sulfone groups is 1. The zero-order valence-corrected chi connectivity index (χ0v) is 10.3. The Morgan fingerprint density at radius 2 is 2.13 bits per heavy atom. The standard InChI is InChI=1S/C10H21NO3S/c1-3-14-8-10(7-11)5-9(10)6-15(12,13)4-2/h9H,3-8,11H2,1-2H3/t9-,10-/m1/s1. The number of hydrogen-bond donors (Lipinski definition) is 1. The maximum absolute atomic E-state index is 11.4. The topological polar surface area (TPSA) is 69.4 Å². The third kappa shape index (κ3) is 3.16. The Hall–Kier alpha value is -0.130. The highest BCUT2D eigenvalue weighted by Crippen LogP contribution is 2.52. The average molecular weight is 235 g/mol. The van der Waals surface area contributed by atoms with E-state index in [0.717, 1.165) is 6.42 Å². The third-order valence-electron chi connectivity index (χ3n) is 3.25. The summed E-state index contributed by atoms with van der Waals surface area (Å²) in [6.07, 6.45) is 0.892. The molecule has 0 bridgehead atoms. The summed E-state index contributed by atoms with van der Waals surface area (Å²) >= 11 is 0. The van der Waals surface area contributed by atoms with Gasteiger partial charge in [0.15, 0.2) is 0 Å². The highest BCUT2D eigenvalue weighted by molar-refractivity contribution is 7.91. The van der Waals surface area contributed by atoms with Crippen LogP contribution in [0, 0.1) is 11.3 Å². The summed E-state index contributed by atoms with van der Waals surface area (Å²) in [5.74, 6) is 0.700. The van der Waals surface area contributed by atoms with E-state index < -0.39 is 9.84 Å². The molecule has 0 amide bonds. The molecule has 2 atom stereocenters. The van der Waals surface area contributed by atoms with Crippen molar-refractivity contribution in [3.05, 3.63) is 0 Å². The number of rotatable bonds is 7. The Morgan fingerprint density at radius 1 is 1.47 bits per heavy atom. The van der Waals surface area contributed by atoms with Gasteiger partial charge < -0.3 is 10.5 Å². The summed E-state index contributed by atoms with van der Waals surface area (Å²) in [7, 11) is -2.87. The summed E-state index contributed by atoms with van der Waals surface area (Å²) in [5, 5.41) is 0. The second kappa shape index (κ2) is 4.80. The monoisotopic (exact) mass is 235 g/mol. The van der Waals surface area contributed by atoms with Crippen LogP contribution in [0.25, 0.3) is 0 Å². The van der Waals surface area contributed by atoms with Crippen molar-refractivity contribution < 1.29 is 13.2 Å². The van der Waals surface area contributed by atoms with Gasteiger partial charge in [-0.25, -0.2) is 8.42 Å². The van der Waals surface area contributed by atoms with Crippen molar-refractivity contribution in [2.75, 3.05) is 31.3 Å². The molecule has 15 heavy (non-hydrogen) atoms. The van der Waals surface area contributed by atoms with Crippen LogP contribution in [-0.4, -0.2) is 39.7 Å². The van der Waals surface area contributed by atoms with Gasteiger partial charge in [0.2, 0.25) is 0 Å². The van der Waals surface area contributed by atoms with Gasteiger partial charge in [0.25, 0.3) is 0 Å². The van der Waals surface area contributed by atoms with Crippen molar-refractivity contribution in [2.45, 2.75) is 20.3 Å². The molecule has 5 heteroatoms. The van der Waals surface area contributed by atoms with E-state index in [4.69, 9.17) is 10.5 Å². The fraction of sp³-hybridized carbons (Fsp3) is 1.00.